The molecule has 1 saturated heterocycles. The van der Waals surface area contributed by atoms with E-state index >= 15 is 0 Å². The molecule has 0 amide bonds. The molecule has 1 fully saturated rings. The fraction of sp³-hybridized carbons (Fsp3) is 0.625. The van der Waals surface area contributed by atoms with Gasteiger partial charge in [0.05, 0.1) is 13.2 Å². The standard InChI is InChI=1S/C16H25ClN2O/c1-4-18-16-11-20-10-14(16)9-19(3)12(2)13-5-7-15(17)8-6-13/h5-8,12,14,16,18H,4,9-11H2,1-3H3. The van der Waals surface area contributed by atoms with Gasteiger partial charge in [0, 0.05) is 29.6 Å². The second-order valence-electron chi connectivity index (χ2n) is 5.63. The van der Waals surface area contributed by atoms with Crippen LogP contribution in [0.25, 0.3) is 0 Å². The van der Waals surface area contributed by atoms with Crippen LogP contribution in [0.4, 0.5) is 0 Å². The van der Waals surface area contributed by atoms with Gasteiger partial charge in [-0.25, -0.2) is 0 Å². The first-order valence-electron chi connectivity index (χ1n) is 7.38. The van der Waals surface area contributed by atoms with Crippen molar-refractivity contribution in [2.24, 2.45) is 5.92 Å². The van der Waals surface area contributed by atoms with Crippen LogP contribution in [0.1, 0.15) is 25.5 Å². The van der Waals surface area contributed by atoms with Gasteiger partial charge >= 0.3 is 0 Å². The zero-order valence-electron chi connectivity index (χ0n) is 12.6. The molecule has 3 atom stereocenters. The molecule has 1 aliphatic heterocycles. The van der Waals surface area contributed by atoms with E-state index < -0.39 is 0 Å². The SMILES string of the molecule is CCNC1COCC1CN(C)C(C)c1ccc(Cl)cc1. The molecule has 4 heteroatoms. The monoisotopic (exact) mass is 296 g/mol. The molecular formula is C16H25ClN2O. The number of hydrogen-bond donors (Lipinski definition) is 1. The Kier molecular flexibility index (Phi) is 5.85. The molecule has 20 heavy (non-hydrogen) atoms. The number of hydrogen-bond acceptors (Lipinski definition) is 3. The normalized spacial score (nSPS) is 24.2. The van der Waals surface area contributed by atoms with Crippen LogP contribution >= 0.6 is 11.6 Å². The lowest BCUT2D eigenvalue weighted by Crippen LogP contribution is -2.41. The van der Waals surface area contributed by atoms with Gasteiger partial charge in [-0.15, -0.1) is 0 Å². The lowest BCUT2D eigenvalue weighted by atomic mass is 10.0. The zero-order chi connectivity index (χ0) is 14.5. The molecule has 0 aliphatic carbocycles. The predicted molar refractivity (Wildman–Crippen MR) is 84.3 cm³/mol. The quantitative estimate of drug-likeness (QED) is 0.873. The molecule has 1 aromatic carbocycles. The van der Waals surface area contributed by atoms with Gasteiger partial charge in [-0.1, -0.05) is 30.7 Å². The van der Waals surface area contributed by atoms with E-state index in [1.807, 2.05) is 12.1 Å². The third kappa shape index (κ3) is 3.95. The summed E-state index contributed by atoms with van der Waals surface area (Å²) in [5, 5.41) is 4.31. The molecule has 0 bridgehead atoms. The Bertz CT molecular complexity index is 409. The lowest BCUT2D eigenvalue weighted by molar-refractivity contribution is 0.164. The third-order valence-corrected chi connectivity index (χ3v) is 4.45. The van der Waals surface area contributed by atoms with Crippen LogP contribution in [0.15, 0.2) is 24.3 Å². The van der Waals surface area contributed by atoms with Gasteiger partial charge in [0.2, 0.25) is 0 Å². The predicted octanol–water partition coefficient (Wildman–Crippen LogP) is 2.96. The van der Waals surface area contributed by atoms with Gasteiger partial charge in [0.15, 0.2) is 0 Å². The molecule has 1 N–H and O–H groups in total. The average molecular weight is 297 g/mol. The first-order chi connectivity index (χ1) is 9.61. The highest BCUT2D eigenvalue weighted by molar-refractivity contribution is 6.30. The summed E-state index contributed by atoms with van der Waals surface area (Å²) in [6.45, 7) is 8.12. The van der Waals surface area contributed by atoms with E-state index in [2.05, 4.69) is 43.2 Å². The molecule has 3 nitrogen and oxygen atoms in total. The largest absolute Gasteiger partial charge is 0.379 e. The first kappa shape index (κ1) is 15.8. The van der Waals surface area contributed by atoms with Crippen LogP contribution in [0.3, 0.4) is 0 Å². The van der Waals surface area contributed by atoms with E-state index in [9.17, 15) is 0 Å². The number of halogens is 1. The summed E-state index contributed by atoms with van der Waals surface area (Å²) in [6, 6.07) is 9.00. The van der Waals surface area contributed by atoms with E-state index in [1.54, 1.807) is 0 Å². The molecule has 3 unspecified atom stereocenters. The second kappa shape index (κ2) is 7.41. The van der Waals surface area contributed by atoms with E-state index in [0.717, 1.165) is 31.3 Å². The number of ether oxygens (including phenoxy) is 1. The molecule has 1 heterocycles. The van der Waals surface area contributed by atoms with Crippen molar-refractivity contribution in [1.82, 2.24) is 10.2 Å². The minimum absolute atomic E-state index is 0.384. The maximum absolute atomic E-state index is 5.95. The molecule has 1 aromatic rings. The van der Waals surface area contributed by atoms with Gasteiger partial charge in [-0.3, -0.25) is 4.90 Å². The van der Waals surface area contributed by atoms with Crippen LogP contribution in [0.5, 0.6) is 0 Å². The Morgan fingerprint density at radius 1 is 1.35 bits per heavy atom. The minimum Gasteiger partial charge on any atom is -0.379 e. The fourth-order valence-corrected chi connectivity index (χ4v) is 2.92. The number of rotatable bonds is 6. The fourth-order valence-electron chi connectivity index (χ4n) is 2.79. The number of likely N-dealkylation sites (N-methyl/N-ethyl adjacent to an activating group) is 1. The van der Waals surface area contributed by atoms with Crippen molar-refractivity contribution in [2.75, 3.05) is 33.4 Å². The second-order valence-corrected chi connectivity index (χ2v) is 6.07. The van der Waals surface area contributed by atoms with Gasteiger partial charge in [-0.2, -0.15) is 0 Å². The third-order valence-electron chi connectivity index (χ3n) is 4.20. The van der Waals surface area contributed by atoms with Crippen LogP contribution in [0, 0.1) is 5.92 Å². The van der Waals surface area contributed by atoms with E-state index in [0.29, 0.717) is 18.0 Å². The van der Waals surface area contributed by atoms with Crippen molar-refractivity contribution in [1.29, 1.82) is 0 Å². The van der Waals surface area contributed by atoms with Crippen molar-refractivity contribution in [2.45, 2.75) is 25.9 Å². The highest BCUT2D eigenvalue weighted by atomic mass is 35.5. The van der Waals surface area contributed by atoms with Crippen molar-refractivity contribution in [3.8, 4) is 0 Å². The average Bonchev–Trinajstić information content (AvgIpc) is 2.86. The van der Waals surface area contributed by atoms with E-state index in [-0.39, 0.29) is 0 Å². The summed E-state index contributed by atoms with van der Waals surface area (Å²) in [7, 11) is 2.18. The lowest BCUT2D eigenvalue weighted by Gasteiger charge is -2.29. The van der Waals surface area contributed by atoms with Gasteiger partial charge < -0.3 is 10.1 Å². The van der Waals surface area contributed by atoms with Gasteiger partial charge in [0.1, 0.15) is 0 Å². The molecule has 0 saturated carbocycles. The van der Waals surface area contributed by atoms with Crippen molar-refractivity contribution in [3.05, 3.63) is 34.9 Å². The molecule has 112 valence electrons. The molecule has 2 rings (SSSR count). The highest BCUT2D eigenvalue weighted by Gasteiger charge is 2.29. The van der Waals surface area contributed by atoms with Crippen molar-refractivity contribution < 1.29 is 4.74 Å². The Morgan fingerprint density at radius 2 is 2.05 bits per heavy atom. The Hall–Kier alpha value is -0.610. The van der Waals surface area contributed by atoms with Crippen molar-refractivity contribution in [3.63, 3.8) is 0 Å². The summed E-state index contributed by atoms with van der Waals surface area (Å²) in [6.07, 6.45) is 0. The summed E-state index contributed by atoms with van der Waals surface area (Å²) in [5.74, 6) is 0.565. The summed E-state index contributed by atoms with van der Waals surface area (Å²) in [4.78, 5) is 2.40. The first-order valence-corrected chi connectivity index (χ1v) is 7.76. The van der Waals surface area contributed by atoms with E-state index in [4.69, 9.17) is 16.3 Å². The summed E-state index contributed by atoms with van der Waals surface area (Å²) >= 11 is 5.95. The Balaban J connectivity index is 1.93. The van der Waals surface area contributed by atoms with Crippen molar-refractivity contribution >= 4 is 11.6 Å². The molecule has 1 aliphatic rings. The van der Waals surface area contributed by atoms with Crippen LogP contribution in [0.2, 0.25) is 5.02 Å². The Labute approximate surface area is 127 Å². The minimum atomic E-state index is 0.384. The summed E-state index contributed by atoms with van der Waals surface area (Å²) in [5.41, 5.74) is 1.30. The van der Waals surface area contributed by atoms with Crippen LogP contribution in [-0.2, 0) is 4.74 Å². The number of nitrogens with one attached hydrogen (secondary N) is 1. The maximum atomic E-state index is 5.95. The maximum Gasteiger partial charge on any atom is 0.0623 e. The van der Waals surface area contributed by atoms with Crippen LogP contribution in [-0.4, -0.2) is 44.3 Å². The van der Waals surface area contributed by atoms with Gasteiger partial charge in [-0.05, 0) is 38.2 Å². The highest BCUT2D eigenvalue weighted by Crippen LogP contribution is 2.23. The number of nitrogens with zero attached hydrogens (tertiary/aromatic N) is 1. The molecular weight excluding hydrogens is 272 g/mol. The Morgan fingerprint density at radius 3 is 2.70 bits per heavy atom. The van der Waals surface area contributed by atoms with Gasteiger partial charge in [0.25, 0.3) is 0 Å². The molecule has 0 aromatic heterocycles. The smallest absolute Gasteiger partial charge is 0.0623 e. The molecule has 0 spiro atoms. The molecule has 0 radical (unpaired) electrons. The topological polar surface area (TPSA) is 24.5 Å². The number of benzene rings is 1. The zero-order valence-corrected chi connectivity index (χ0v) is 13.4. The van der Waals surface area contributed by atoms with E-state index in [1.165, 1.54) is 5.56 Å². The van der Waals surface area contributed by atoms with Crippen LogP contribution < -0.4 is 5.32 Å². The summed E-state index contributed by atoms with van der Waals surface area (Å²) < 4.78 is 5.62.